The summed E-state index contributed by atoms with van der Waals surface area (Å²) in [4.78, 5) is 66.1. The van der Waals surface area contributed by atoms with Gasteiger partial charge in [0.1, 0.15) is 6.54 Å². The summed E-state index contributed by atoms with van der Waals surface area (Å²) in [6.07, 6.45) is 0.00172. The van der Waals surface area contributed by atoms with Crippen LogP contribution in [0.2, 0.25) is 0 Å². The van der Waals surface area contributed by atoms with Crippen molar-refractivity contribution >= 4 is 40.2 Å². The fourth-order valence-corrected chi connectivity index (χ4v) is 5.23. The molecule has 41 heavy (non-hydrogen) atoms. The molecule has 4 aromatic carbocycles. The lowest BCUT2D eigenvalue weighted by molar-refractivity contribution is -0.144. The summed E-state index contributed by atoms with van der Waals surface area (Å²) < 4.78 is 0. The summed E-state index contributed by atoms with van der Waals surface area (Å²) in [6, 6.07) is 27.3. The standard InChI is InChI=1S/C33H28N2O6/c36-28(19-24(33(40)41)17-21-9-3-1-4-10-21)27(18-22-11-5-2-6-12-22)34-29(37)20-35-31(38)25-15-7-13-23-14-8-16-26(30(23)25)32(35)39/h1-16,24,27H,17-20H2,(H,34,37)(H,40,41). The molecule has 0 aromatic heterocycles. The SMILES string of the molecule is O=C(CN1C(=O)c2cccc3cccc(c23)C1=O)NC(Cc1ccccc1)C(=O)CC(Cc1ccccc1)C(=O)O. The number of aliphatic carboxylic acids is 1. The number of benzene rings is 4. The molecule has 0 fully saturated rings. The fourth-order valence-electron chi connectivity index (χ4n) is 5.23. The maximum absolute atomic E-state index is 13.5. The van der Waals surface area contributed by atoms with E-state index in [0.717, 1.165) is 21.4 Å². The molecule has 1 aliphatic rings. The Balaban J connectivity index is 1.34. The maximum atomic E-state index is 13.5. The molecule has 1 aliphatic heterocycles. The van der Waals surface area contributed by atoms with Crippen molar-refractivity contribution in [1.82, 2.24) is 10.2 Å². The Morgan fingerprint density at radius 3 is 1.78 bits per heavy atom. The van der Waals surface area contributed by atoms with Gasteiger partial charge in [-0.1, -0.05) is 84.9 Å². The van der Waals surface area contributed by atoms with Gasteiger partial charge >= 0.3 is 5.97 Å². The minimum absolute atomic E-state index is 0.132. The highest BCUT2D eigenvalue weighted by molar-refractivity contribution is 6.26. The number of nitrogens with zero attached hydrogens (tertiary/aromatic N) is 1. The number of nitrogens with one attached hydrogen (secondary N) is 1. The second kappa shape index (κ2) is 12.0. The molecular weight excluding hydrogens is 520 g/mol. The molecule has 4 aromatic rings. The lowest BCUT2D eigenvalue weighted by Crippen LogP contribution is -2.50. The number of carboxylic acid groups (broad SMARTS) is 1. The van der Waals surface area contributed by atoms with Gasteiger partial charge in [0.05, 0.1) is 12.0 Å². The third-order valence-corrected chi connectivity index (χ3v) is 7.29. The van der Waals surface area contributed by atoms with Gasteiger partial charge in [-0.25, -0.2) is 0 Å². The van der Waals surface area contributed by atoms with Gasteiger partial charge in [-0.2, -0.15) is 0 Å². The van der Waals surface area contributed by atoms with Crippen LogP contribution < -0.4 is 5.32 Å². The predicted molar refractivity (Wildman–Crippen MR) is 152 cm³/mol. The van der Waals surface area contributed by atoms with Crippen LogP contribution in [0.25, 0.3) is 10.8 Å². The zero-order valence-corrected chi connectivity index (χ0v) is 22.2. The summed E-state index contributed by atoms with van der Waals surface area (Å²) in [5.74, 6) is -4.41. The van der Waals surface area contributed by atoms with E-state index in [4.69, 9.17) is 0 Å². The highest BCUT2D eigenvalue weighted by Crippen LogP contribution is 2.29. The molecular formula is C33H28N2O6. The van der Waals surface area contributed by atoms with E-state index in [9.17, 15) is 29.1 Å². The van der Waals surface area contributed by atoms with E-state index in [0.29, 0.717) is 16.5 Å². The lowest BCUT2D eigenvalue weighted by Gasteiger charge is -2.27. The number of carbonyl (C=O) groups is 5. The normalized spacial score (nSPS) is 14.0. The maximum Gasteiger partial charge on any atom is 0.307 e. The van der Waals surface area contributed by atoms with Crippen LogP contribution in [-0.2, 0) is 27.2 Å². The van der Waals surface area contributed by atoms with Crippen LogP contribution in [0.1, 0.15) is 38.3 Å². The van der Waals surface area contributed by atoms with Crippen molar-refractivity contribution in [2.45, 2.75) is 25.3 Å². The van der Waals surface area contributed by atoms with Gasteiger partial charge in [0.25, 0.3) is 11.8 Å². The van der Waals surface area contributed by atoms with Gasteiger partial charge < -0.3 is 10.4 Å². The van der Waals surface area contributed by atoms with E-state index >= 15 is 0 Å². The van der Waals surface area contributed by atoms with E-state index < -0.39 is 48.0 Å². The van der Waals surface area contributed by atoms with Crippen molar-refractivity contribution in [1.29, 1.82) is 0 Å². The molecule has 0 radical (unpaired) electrons. The van der Waals surface area contributed by atoms with Crippen LogP contribution in [0.5, 0.6) is 0 Å². The van der Waals surface area contributed by atoms with Crippen LogP contribution in [0.3, 0.4) is 0 Å². The number of ketones is 1. The van der Waals surface area contributed by atoms with Crippen LogP contribution in [0.15, 0.2) is 97.1 Å². The van der Waals surface area contributed by atoms with Gasteiger partial charge in [-0.3, -0.25) is 28.9 Å². The van der Waals surface area contributed by atoms with E-state index in [1.54, 1.807) is 72.8 Å². The molecule has 2 N–H and O–H groups in total. The molecule has 0 saturated carbocycles. The van der Waals surface area contributed by atoms with Gasteiger partial charge in [0.2, 0.25) is 5.91 Å². The second-order valence-corrected chi connectivity index (χ2v) is 10.1. The summed E-state index contributed by atoms with van der Waals surface area (Å²) in [5.41, 5.74) is 2.21. The summed E-state index contributed by atoms with van der Waals surface area (Å²) in [5, 5.41) is 13.8. The highest BCUT2D eigenvalue weighted by Gasteiger charge is 2.35. The van der Waals surface area contributed by atoms with Crippen molar-refractivity contribution in [2.75, 3.05) is 6.54 Å². The molecule has 0 bridgehead atoms. The summed E-state index contributed by atoms with van der Waals surface area (Å²) >= 11 is 0. The van der Waals surface area contributed by atoms with Gasteiger partial charge in [-0.15, -0.1) is 0 Å². The van der Waals surface area contributed by atoms with Crippen molar-refractivity contribution in [3.05, 3.63) is 119 Å². The molecule has 2 atom stereocenters. The molecule has 206 valence electrons. The zero-order chi connectivity index (χ0) is 28.9. The molecule has 0 aliphatic carbocycles. The number of carbonyl (C=O) groups excluding carboxylic acids is 4. The molecule has 5 rings (SSSR count). The van der Waals surface area contributed by atoms with Crippen LogP contribution >= 0.6 is 0 Å². The van der Waals surface area contributed by atoms with Crippen LogP contribution in [0.4, 0.5) is 0 Å². The van der Waals surface area contributed by atoms with Crippen molar-refractivity contribution in [3.63, 3.8) is 0 Å². The fraction of sp³-hybridized carbons (Fsp3) is 0.182. The molecule has 8 heteroatoms. The number of amides is 3. The van der Waals surface area contributed by atoms with Gasteiger partial charge in [0.15, 0.2) is 5.78 Å². The van der Waals surface area contributed by atoms with Crippen molar-refractivity contribution in [3.8, 4) is 0 Å². The first-order valence-corrected chi connectivity index (χ1v) is 13.3. The third-order valence-electron chi connectivity index (χ3n) is 7.29. The smallest absolute Gasteiger partial charge is 0.307 e. The van der Waals surface area contributed by atoms with Crippen molar-refractivity contribution < 1.29 is 29.1 Å². The van der Waals surface area contributed by atoms with Gasteiger partial charge in [-0.05, 0) is 41.5 Å². The Morgan fingerprint density at radius 2 is 1.24 bits per heavy atom. The number of imide groups is 1. The van der Waals surface area contributed by atoms with E-state index in [1.165, 1.54) is 0 Å². The van der Waals surface area contributed by atoms with Crippen LogP contribution in [0, 0.1) is 5.92 Å². The predicted octanol–water partition coefficient (Wildman–Crippen LogP) is 4.07. The Labute approximate surface area is 236 Å². The van der Waals surface area contributed by atoms with E-state index in [2.05, 4.69) is 5.32 Å². The molecule has 3 amide bonds. The quantitative estimate of drug-likeness (QED) is 0.273. The Kier molecular flexibility index (Phi) is 8.01. The van der Waals surface area contributed by atoms with Crippen molar-refractivity contribution in [2.24, 2.45) is 5.92 Å². The van der Waals surface area contributed by atoms with Gasteiger partial charge in [0, 0.05) is 22.9 Å². The molecule has 0 saturated heterocycles. The molecule has 1 heterocycles. The summed E-state index contributed by atoms with van der Waals surface area (Å²) in [7, 11) is 0. The third kappa shape index (κ3) is 6.06. The lowest BCUT2D eigenvalue weighted by atomic mass is 9.90. The molecule has 0 spiro atoms. The average Bonchev–Trinajstić information content (AvgIpc) is 2.98. The Morgan fingerprint density at radius 1 is 0.707 bits per heavy atom. The number of Topliss-reactive ketones (excluding diaryl/α,β-unsaturated/α-hetero) is 1. The van der Waals surface area contributed by atoms with E-state index in [-0.39, 0.29) is 19.3 Å². The molecule has 2 unspecified atom stereocenters. The topological polar surface area (TPSA) is 121 Å². The Hall–Kier alpha value is -5.11. The monoisotopic (exact) mass is 548 g/mol. The largest absolute Gasteiger partial charge is 0.481 e. The minimum atomic E-state index is -1.11. The minimum Gasteiger partial charge on any atom is -0.481 e. The highest BCUT2D eigenvalue weighted by atomic mass is 16.4. The Bertz CT molecular complexity index is 1580. The number of hydrogen-bond acceptors (Lipinski definition) is 5. The second-order valence-electron chi connectivity index (χ2n) is 10.1. The summed E-state index contributed by atoms with van der Waals surface area (Å²) in [6.45, 7) is -0.576. The average molecular weight is 549 g/mol. The molecule has 8 nitrogen and oxygen atoms in total. The first-order chi connectivity index (χ1) is 19.8. The van der Waals surface area contributed by atoms with Crippen LogP contribution in [-0.4, -0.2) is 52.1 Å². The first-order valence-electron chi connectivity index (χ1n) is 13.3. The number of rotatable bonds is 11. The van der Waals surface area contributed by atoms with E-state index in [1.807, 2.05) is 24.3 Å². The zero-order valence-electron chi connectivity index (χ0n) is 22.2. The first kappa shape index (κ1) is 27.5. The number of carboxylic acids is 1. The number of hydrogen-bond donors (Lipinski definition) is 2.